The zero-order chi connectivity index (χ0) is 33.6. The van der Waals surface area contributed by atoms with Gasteiger partial charge in [-0.25, -0.2) is 4.79 Å². The van der Waals surface area contributed by atoms with E-state index in [1.54, 1.807) is 38.1 Å². The number of carbonyl (C=O) groups excluding carboxylic acids is 4. The minimum atomic E-state index is -1.09. The molecule has 0 aromatic heterocycles. The van der Waals surface area contributed by atoms with E-state index in [9.17, 15) is 24.3 Å². The Morgan fingerprint density at radius 3 is 2.41 bits per heavy atom. The van der Waals surface area contributed by atoms with Crippen LogP contribution in [-0.2, 0) is 41.7 Å². The zero-order valence-electron chi connectivity index (χ0n) is 26.7. The standard InChI is InChI=1S/C34H42ClN3O8/c1-19(29-30(46-29)23-12-9-21(17-39)10-13-23)26-7-6-8-28(40)38-25(16-22-11-14-27(44-5)24(35)15-22)31(41)36-18-34(3,4)33(43)37-20(2)32(42)45-26/h6,8-15,19-20,25-26,29-30,39H,7,16-18H2,1-5H3,(H,36,41)(H,37,43)(H,38,40)/b8-6+/t19-,20-,25+,26-,29?,30?/m0/s1. The first-order chi connectivity index (χ1) is 21.8. The summed E-state index contributed by atoms with van der Waals surface area (Å²) in [6, 6.07) is 10.6. The molecule has 6 atom stereocenters. The van der Waals surface area contributed by atoms with Crippen LogP contribution >= 0.6 is 11.6 Å². The molecule has 0 saturated carbocycles. The molecule has 2 aliphatic rings. The second kappa shape index (κ2) is 15.1. The molecule has 4 rings (SSSR count). The summed E-state index contributed by atoms with van der Waals surface area (Å²) in [7, 11) is 1.50. The van der Waals surface area contributed by atoms with Crippen molar-refractivity contribution in [1.82, 2.24) is 16.0 Å². The van der Waals surface area contributed by atoms with Gasteiger partial charge in [0, 0.05) is 25.3 Å². The highest BCUT2D eigenvalue weighted by Gasteiger charge is 2.47. The third kappa shape index (κ3) is 8.86. The van der Waals surface area contributed by atoms with Gasteiger partial charge in [-0.05, 0) is 55.7 Å². The van der Waals surface area contributed by atoms with E-state index < -0.39 is 47.3 Å². The first kappa shape index (κ1) is 34.9. The van der Waals surface area contributed by atoms with Gasteiger partial charge in [0.05, 0.1) is 30.3 Å². The first-order valence-electron chi connectivity index (χ1n) is 15.3. The van der Waals surface area contributed by atoms with Crippen molar-refractivity contribution in [3.05, 3.63) is 76.3 Å². The van der Waals surface area contributed by atoms with E-state index in [1.165, 1.54) is 20.1 Å². The van der Waals surface area contributed by atoms with Gasteiger partial charge in [0.15, 0.2) is 0 Å². The van der Waals surface area contributed by atoms with Gasteiger partial charge < -0.3 is 35.3 Å². The summed E-state index contributed by atoms with van der Waals surface area (Å²) >= 11 is 6.30. The van der Waals surface area contributed by atoms with E-state index in [2.05, 4.69) is 16.0 Å². The fraction of sp³-hybridized carbons (Fsp3) is 0.471. The number of benzene rings is 2. The molecule has 2 aromatic carbocycles. The number of methoxy groups -OCH3 is 1. The van der Waals surface area contributed by atoms with Gasteiger partial charge in [-0.3, -0.25) is 14.4 Å². The van der Waals surface area contributed by atoms with E-state index in [0.29, 0.717) is 16.3 Å². The van der Waals surface area contributed by atoms with E-state index in [0.717, 1.165) is 11.1 Å². The van der Waals surface area contributed by atoms with Crippen LogP contribution in [0.5, 0.6) is 5.75 Å². The number of ether oxygens (including phenoxy) is 3. The van der Waals surface area contributed by atoms with Gasteiger partial charge >= 0.3 is 5.97 Å². The Morgan fingerprint density at radius 1 is 1.07 bits per heavy atom. The lowest BCUT2D eigenvalue weighted by Crippen LogP contribution is -2.53. The summed E-state index contributed by atoms with van der Waals surface area (Å²) in [6.07, 6.45) is 2.09. The second-order valence-electron chi connectivity index (χ2n) is 12.4. The molecule has 2 heterocycles. The SMILES string of the molecule is COc1ccc(C[C@H]2NC(=O)/C=C/C[C@@H]([C@H](C)C3OC3c3ccc(CO)cc3)OC(=O)[C@H](C)NC(=O)C(C)(C)CNC2=O)cc1Cl. The van der Waals surface area contributed by atoms with Gasteiger partial charge in [0.1, 0.15) is 30.0 Å². The molecule has 2 aliphatic heterocycles. The number of halogens is 1. The number of cyclic esters (lactones) is 1. The molecular formula is C34H42ClN3O8. The Bertz CT molecular complexity index is 1460. The second-order valence-corrected chi connectivity index (χ2v) is 12.8. The van der Waals surface area contributed by atoms with Gasteiger partial charge in [0.25, 0.3) is 0 Å². The maximum Gasteiger partial charge on any atom is 0.328 e. The molecule has 0 bridgehead atoms. The Morgan fingerprint density at radius 2 is 1.76 bits per heavy atom. The minimum Gasteiger partial charge on any atom is -0.495 e. The quantitative estimate of drug-likeness (QED) is 0.262. The smallest absolute Gasteiger partial charge is 0.328 e. The predicted molar refractivity (Wildman–Crippen MR) is 171 cm³/mol. The van der Waals surface area contributed by atoms with E-state index in [-0.39, 0.29) is 44.1 Å². The van der Waals surface area contributed by atoms with E-state index in [1.807, 2.05) is 31.2 Å². The monoisotopic (exact) mass is 655 g/mol. The predicted octanol–water partition coefficient (Wildman–Crippen LogP) is 3.16. The molecule has 0 radical (unpaired) electrons. The highest BCUT2D eigenvalue weighted by molar-refractivity contribution is 6.32. The first-order valence-corrected chi connectivity index (χ1v) is 15.6. The maximum absolute atomic E-state index is 13.3. The van der Waals surface area contributed by atoms with Crippen molar-refractivity contribution in [2.75, 3.05) is 13.7 Å². The molecule has 3 amide bonds. The van der Waals surface area contributed by atoms with Crippen LogP contribution < -0.4 is 20.7 Å². The molecule has 4 N–H and O–H groups in total. The fourth-order valence-electron chi connectivity index (χ4n) is 5.21. The molecular weight excluding hydrogens is 614 g/mol. The third-order valence-corrected chi connectivity index (χ3v) is 8.63. The van der Waals surface area contributed by atoms with Crippen LogP contribution in [0.3, 0.4) is 0 Å². The summed E-state index contributed by atoms with van der Waals surface area (Å²) < 4.78 is 17.1. The van der Waals surface area contributed by atoms with Crippen molar-refractivity contribution < 1.29 is 38.5 Å². The number of hydrogen-bond acceptors (Lipinski definition) is 8. The lowest BCUT2D eigenvalue weighted by Gasteiger charge is -2.28. The van der Waals surface area contributed by atoms with Crippen molar-refractivity contribution in [1.29, 1.82) is 0 Å². The van der Waals surface area contributed by atoms with Gasteiger partial charge in [-0.15, -0.1) is 0 Å². The fourth-order valence-corrected chi connectivity index (χ4v) is 5.49. The number of hydrogen-bond donors (Lipinski definition) is 4. The highest BCUT2D eigenvalue weighted by Crippen LogP contribution is 2.45. The Kier molecular flexibility index (Phi) is 11.5. The van der Waals surface area contributed by atoms with Gasteiger partial charge in [-0.2, -0.15) is 0 Å². The average Bonchev–Trinajstić information content (AvgIpc) is 3.83. The molecule has 46 heavy (non-hydrogen) atoms. The van der Waals surface area contributed by atoms with Crippen LogP contribution in [0.4, 0.5) is 0 Å². The van der Waals surface area contributed by atoms with Crippen molar-refractivity contribution in [2.24, 2.45) is 11.3 Å². The van der Waals surface area contributed by atoms with Crippen LogP contribution in [0.15, 0.2) is 54.6 Å². The van der Waals surface area contributed by atoms with E-state index in [4.69, 9.17) is 25.8 Å². The number of aliphatic hydroxyl groups is 1. The van der Waals surface area contributed by atoms with Crippen molar-refractivity contribution in [2.45, 2.75) is 77.5 Å². The third-order valence-electron chi connectivity index (χ3n) is 8.34. The van der Waals surface area contributed by atoms with E-state index >= 15 is 0 Å². The van der Waals surface area contributed by atoms with Gasteiger partial charge in [0.2, 0.25) is 17.7 Å². The van der Waals surface area contributed by atoms with Crippen LogP contribution in [0, 0.1) is 11.3 Å². The zero-order valence-corrected chi connectivity index (χ0v) is 27.4. The summed E-state index contributed by atoms with van der Waals surface area (Å²) in [6.45, 7) is 6.63. The molecule has 248 valence electrons. The average molecular weight is 656 g/mol. The summed E-state index contributed by atoms with van der Waals surface area (Å²) in [5.41, 5.74) is 1.33. The molecule has 2 aromatic rings. The Balaban J connectivity index is 1.55. The highest BCUT2D eigenvalue weighted by atomic mass is 35.5. The van der Waals surface area contributed by atoms with Crippen molar-refractivity contribution in [3.63, 3.8) is 0 Å². The van der Waals surface area contributed by atoms with Crippen LogP contribution in [0.1, 0.15) is 56.9 Å². The summed E-state index contributed by atoms with van der Waals surface area (Å²) in [4.78, 5) is 52.7. The number of esters is 1. The number of epoxide rings is 1. The summed E-state index contributed by atoms with van der Waals surface area (Å²) in [5.74, 6) is -1.86. The van der Waals surface area contributed by atoms with Gasteiger partial charge in [-0.1, -0.05) is 54.9 Å². The number of aliphatic hydroxyl groups excluding tert-OH is 1. The normalized spacial score (nSPS) is 27.0. The molecule has 0 spiro atoms. The maximum atomic E-state index is 13.3. The topological polar surface area (TPSA) is 156 Å². The molecule has 11 nitrogen and oxygen atoms in total. The molecule has 1 saturated heterocycles. The molecule has 12 heteroatoms. The van der Waals surface area contributed by atoms with Crippen molar-refractivity contribution >= 4 is 35.3 Å². The largest absolute Gasteiger partial charge is 0.495 e. The number of carbonyl (C=O) groups is 4. The van der Waals surface area contributed by atoms with Crippen molar-refractivity contribution in [3.8, 4) is 5.75 Å². The summed E-state index contributed by atoms with van der Waals surface area (Å²) in [5, 5.41) is 17.9. The molecule has 2 unspecified atom stereocenters. The van der Waals surface area contributed by atoms with Crippen LogP contribution in [0.2, 0.25) is 5.02 Å². The number of amides is 3. The van der Waals surface area contributed by atoms with Crippen LogP contribution in [-0.4, -0.2) is 66.7 Å². The lowest BCUT2D eigenvalue weighted by molar-refractivity contribution is -0.155. The minimum absolute atomic E-state index is 0.0512. The number of rotatable bonds is 7. The Hall–Kier alpha value is -3.93. The lowest BCUT2D eigenvalue weighted by atomic mass is 9.91. The Labute approximate surface area is 274 Å². The number of nitrogens with one attached hydrogen (secondary N) is 3. The molecule has 1 fully saturated rings. The molecule has 0 aliphatic carbocycles. The van der Waals surface area contributed by atoms with Crippen LogP contribution in [0.25, 0.3) is 0 Å².